The van der Waals surface area contributed by atoms with Gasteiger partial charge in [0.15, 0.2) is 0 Å². The first-order valence-corrected chi connectivity index (χ1v) is 8.07. The number of piperidine rings is 1. The highest BCUT2D eigenvalue weighted by molar-refractivity contribution is 6.23. The lowest BCUT2D eigenvalue weighted by atomic mass is 10.0. The van der Waals surface area contributed by atoms with Gasteiger partial charge in [-0.3, -0.25) is 29.4 Å². The lowest BCUT2D eigenvalue weighted by molar-refractivity contribution is -0.136. The highest BCUT2D eigenvalue weighted by Gasteiger charge is 2.45. The second-order valence-corrected chi connectivity index (χ2v) is 6.62. The molecule has 24 heavy (non-hydrogen) atoms. The van der Waals surface area contributed by atoms with Gasteiger partial charge in [0.2, 0.25) is 11.8 Å². The number of amides is 4. The Morgan fingerprint density at radius 2 is 1.62 bits per heavy atom. The van der Waals surface area contributed by atoms with Crippen molar-refractivity contribution in [1.29, 1.82) is 0 Å². The zero-order valence-corrected chi connectivity index (χ0v) is 13.0. The van der Waals surface area contributed by atoms with Crippen LogP contribution in [0.1, 0.15) is 44.7 Å². The third-order valence-corrected chi connectivity index (χ3v) is 5.11. The molecule has 1 aromatic carbocycles. The van der Waals surface area contributed by atoms with E-state index in [1.807, 2.05) is 0 Å². The van der Waals surface area contributed by atoms with Crippen LogP contribution in [0.15, 0.2) is 12.1 Å². The van der Waals surface area contributed by atoms with Gasteiger partial charge >= 0.3 is 0 Å². The number of hydrogen-bond acceptors (Lipinski definition) is 5. The van der Waals surface area contributed by atoms with Crippen LogP contribution in [0.25, 0.3) is 0 Å². The minimum atomic E-state index is -0.915. The van der Waals surface area contributed by atoms with Gasteiger partial charge in [0, 0.05) is 6.42 Å². The van der Waals surface area contributed by atoms with Crippen LogP contribution in [0.5, 0.6) is 0 Å². The number of carbonyl (C=O) groups excluding carboxylic acids is 4. The molecule has 7 nitrogen and oxygen atoms in total. The third-order valence-electron chi connectivity index (χ3n) is 5.11. The summed E-state index contributed by atoms with van der Waals surface area (Å²) >= 11 is 0. The number of benzene rings is 1. The van der Waals surface area contributed by atoms with E-state index < -0.39 is 23.8 Å². The monoisotopic (exact) mass is 327 g/mol. The van der Waals surface area contributed by atoms with Crippen LogP contribution in [-0.4, -0.2) is 41.1 Å². The van der Waals surface area contributed by atoms with E-state index in [1.54, 1.807) is 12.1 Å². The van der Waals surface area contributed by atoms with Crippen molar-refractivity contribution >= 4 is 23.6 Å². The zero-order valence-electron chi connectivity index (χ0n) is 13.0. The van der Waals surface area contributed by atoms with Gasteiger partial charge in [0.1, 0.15) is 6.04 Å². The van der Waals surface area contributed by atoms with Crippen LogP contribution in [0, 0.1) is 5.92 Å². The summed E-state index contributed by atoms with van der Waals surface area (Å²) in [5.41, 5.74) is 8.52. The van der Waals surface area contributed by atoms with E-state index in [2.05, 4.69) is 5.32 Å². The number of nitrogens with two attached hydrogens (primary N) is 1. The lowest BCUT2D eigenvalue weighted by Crippen LogP contribution is -2.54. The number of fused-ring (bicyclic) bond motifs is 2. The molecule has 4 rings (SSSR count). The van der Waals surface area contributed by atoms with Gasteiger partial charge in [-0.1, -0.05) is 0 Å². The summed E-state index contributed by atoms with van der Waals surface area (Å²) in [7, 11) is 0. The Kier molecular flexibility index (Phi) is 3.28. The third kappa shape index (κ3) is 2.08. The van der Waals surface area contributed by atoms with Crippen LogP contribution in [0.3, 0.4) is 0 Å². The summed E-state index contributed by atoms with van der Waals surface area (Å²) in [5, 5.41) is 2.19. The molecule has 0 aromatic heterocycles. The number of hydrogen-bond donors (Lipinski definition) is 2. The Morgan fingerprint density at radius 1 is 1.04 bits per heavy atom. The first-order chi connectivity index (χ1) is 11.5. The molecule has 0 radical (unpaired) electrons. The van der Waals surface area contributed by atoms with E-state index in [9.17, 15) is 19.2 Å². The number of carbonyl (C=O) groups is 4. The van der Waals surface area contributed by atoms with Gasteiger partial charge < -0.3 is 5.73 Å². The van der Waals surface area contributed by atoms with Crippen LogP contribution < -0.4 is 11.1 Å². The van der Waals surface area contributed by atoms with Crippen molar-refractivity contribution in [3.63, 3.8) is 0 Å². The minimum absolute atomic E-state index is 0.124. The molecular formula is C17H17N3O4. The average Bonchev–Trinajstić information content (AvgIpc) is 3.06. The van der Waals surface area contributed by atoms with E-state index in [1.165, 1.54) is 0 Å². The SMILES string of the molecule is NCC1Cc2cc3c(cc2C1)C(=O)N(C1CCC(=O)NC1=O)C3=O. The Labute approximate surface area is 138 Å². The number of nitrogens with zero attached hydrogens (tertiary/aromatic N) is 1. The van der Waals surface area contributed by atoms with Crippen molar-refractivity contribution in [3.05, 3.63) is 34.4 Å². The molecule has 7 heteroatoms. The van der Waals surface area contributed by atoms with Gasteiger partial charge in [0.05, 0.1) is 11.1 Å². The molecule has 1 aliphatic carbocycles. The van der Waals surface area contributed by atoms with Crippen molar-refractivity contribution in [2.24, 2.45) is 11.7 Å². The Morgan fingerprint density at radius 3 is 2.12 bits per heavy atom. The standard InChI is InChI=1S/C17H17N3O4/c18-7-8-3-9-5-11-12(6-10(9)4-8)17(24)20(16(11)23)13-1-2-14(21)19-15(13)22/h5-6,8,13H,1-4,7,18H2,(H,19,21,22). The first-order valence-electron chi connectivity index (χ1n) is 8.07. The molecular weight excluding hydrogens is 310 g/mol. The second kappa shape index (κ2) is 5.24. The summed E-state index contributed by atoms with van der Waals surface area (Å²) in [6.45, 7) is 0.573. The number of imide groups is 2. The Hall–Kier alpha value is -2.54. The normalized spacial score (nSPS) is 23.5. The summed E-state index contributed by atoms with van der Waals surface area (Å²) < 4.78 is 0. The second-order valence-electron chi connectivity index (χ2n) is 6.62. The Balaban J connectivity index is 1.68. The van der Waals surface area contributed by atoms with Crippen LogP contribution in [0.4, 0.5) is 0 Å². The van der Waals surface area contributed by atoms with E-state index in [4.69, 9.17) is 5.73 Å². The van der Waals surface area contributed by atoms with Crippen molar-refractivity contribution in [1.82, 2.24) is 10.2 Å². The number of nitrogens with one attached hydrogen (secondary N) is 1. The summed E-state index contributed by atoms with van der Waals surface area (Å²) in [5.74, 6) is -1.53. The molecule has 4 amide bonds. The maximum absolute atomic E-state index is 12.7. The van der Waals surface area contributed by atoms with E-state index in [0.717, 1.165) is 28.9 Å². The maximum Gasteiger partial charge on any atom is 0.262 e. The molecule has 2 aliphatic heterocycles. The van der Waals surface area contributed by atoms with Crippen molar-refractivity contribution < 1.29 is 19.2 Å². The van der Waals surface area contributed by atoms with E-state index >= 15 is 0 Å². The molecule has 1 saturated heterocycles. The zero-order chi connectivity index (χ0) is 17.0. The predicted molar refractivity (Wildman–Crippen MR) is 83.1 cm³/mol. The molecule has 1 atom stereocenters. The van der Waals surface area contributed by atoms with E-state index in [-0.39, 0.29) is 18.7 Å². The molecule has 1 aromatic rings. The molecule has 3 N–H and O–H groups in total. The van der Waals surface area contributed by atoms with Crippen molar-refractivity contribution in [3.8, 4) is 0 Å². The maximum atomic E-state index is 12.7. The molecule has 0 spiro atoms. The largest absolute Gasteiger partial charge is 0.330 e. The molecule has 0 bridgehead atoms. The van der Waals surface area contributed by atoms with Crippen LogP contribution >= 0.6 is 0 Å². The Bertz CT molecular complexity index is 756. The summed E-state index contributed by atoms with van der Waals surface area (Å²) in [6, 6.07) is 2.63. The van der Waals surface area contributed by atoms with Gasteiger partial charge in [-0.15, -0.1) is 0 Å². The van der Waals surface area contributed by atoms with E-state index in [0.29, 0.717) is 23.6 Å². The van der Waals surface area contributed by atoms with Crippen molar-refractivity contribution in [2.75, 3.05) is 6.54 Å². The highest BCUT2D eigenvalue weighted by Crippen LogP contribution is 2.34. The van der Waals surface area contributed by atoms with Gasteiger partial charge in [0.25, 0.3) is 11.8 Å². The topological polar surface area (TPSA) is 110 Å². The fraction of sp³-hybridized carbons (Fsp3) is 0.412. The fourth-order valence-electron chi connectivity index (χ4n) is 3.85. The molecule has 2 heterocycles. The van der Waals surface area contributed by atoms with Crippen molar-refractivity contribution in [2.45, 2.75) is 31.7 Å². The molecule has 1 fully saturated rings. The first kappa shape index (κ1) is 15.0. The lowest BCUT2D eigenvalue weighted by Gasteiger charge is -2.27. The molecule has 1 unspecified atom stereocenters. The minimum Gasteiger partial charge on any atom is -0.330 e. The molecule has 124 valence electrons. The molecule has 0 saturated carbocycles. The summed E-state index contributed by atoms with van der Waals surface area (Å²) in [4.78, 5) is 49.7. The van der Waals surface area contributed by atoms with Gasteiger partial charge in [-0.2, -0.15) is 0 Å². The fourth-order valence-corrected chi connectivity index (χ4v) is 3.85. The highest BCUT2D eigenvalue weighted by atomic mass is 16.2. The quantitative estimate of drug-likeness (QED) is 0.729. The van der Waals surface area contributed by atoms with Crippen LogP contribution in [0.2, 0.25) is 0 Å². The average molecular weight is 327 g/mol. The summed E-state index contributed by atoms with van der Waals surface area (Å²) in [6.07, 6.45) is 1.90. The van der Waals surface area contributed by atoms with Gasteiger partial charge in [-0.05, 0) is 55.0 Å². The molecule has 3 aliphatic rings. The smallest absolute Gasteiger partial charge is 0.262 e. The van der Waals surface area contributed by atoms with Gasteiger partial charge in [-0.25, -0.2) is 0 Å². The number of rotatable bonds is 2. The van der Waals surface area contributed by atoms with Crippen LogP contribution in [-0.2, 0) is 22.4 Å². The predicted octanol–water partition coefficient (Wildman–Crippen LogP) is -0.239.